The average Bonchev–Trinajstić information content (AvgIpc) is 2.78. The molecule has 3 fully saturated rings. The SMILES string of the molecule is CC[Si](O[Si](CC)(C1CCCCC1)C1CCCCC1)C1CCCCC1.[S]=[W]. The summed E-state index contributed by atoms with van der Waals surface area (Å²) >= 11 is 1.17. The molecule has 0 atom stereocenters. The molecule has 3 aliphatic rings. The molecule has 0 heterocycles. The summed E-state index contributed by atoms with van der Waals surface area (Å²) in [5.41, 5.74) is 2.99. The third kappa shape index (κ3) is 6.64. The first-order valence-electron chi connectivity index (χ1n) is 12.0. The normalized spacial score (nSPS) is 23.8. The van der Waals surface area contributed by atoms with Crippen molar-refractivity contribution in [3.63, 3.8) is 0 Å². The number of hydrogen-bond donors (Lipinski definition) is 0. The van der Waals surface area contributed by atoms with Crippen LogP contribution in [0.5, 0.6) is 0 Å². The molecule has 3 rings (SSSR count). The molecule has 1 nitrogen and oxygen atoms in total. The maximum atomic E-state index is 7.60. The average molecular weight is 596 g/mol. The van der Waals surface area contributed by atoms with Crippen molar-refractivity contribution in [3.8, 4) is 0 Å². The Morgan fingerprint density at radius 2 is 1.15 bits per heavy atom. The van der Waals surface area contributed by atoms with E-state index in [1.54, 1.807) is 0 Å². The van der Waals surface area contributed by atoms with Gasteiger partial charge < -0.3 is 4.12 Å². The minimum atomic E-state index is -1.59. The standard InChI is InChI=1S/C22H43OSi2.S.W/c1-3-24(20-14-8-5-9-15-20)23-25(4-2,21-16-10-6-11-17-21)22-18-12-7-13-19-22;;/h20-22H,3-19H2,1-2H3;;. The van der Waals surface area contributed by atoms with Gasteiger partial charge in [-0.25, -0.2) is 0 Å². The fourth-order valence-electron chi connectivity index (χ4n) is 6.44. The van der Waals surface area contributed by atoms with Crippen molar-refractivity contribution in [1.29, 1.82) is 0 Å². The van der Waals surface area contributed by atoms with Gasteiger partial charge in [0.15, 0.2) is 8.32 Å². The Labute approximate surface area is 187 Å². The van der Waals surface area contributed by atoms with Gasteiger partial charge in [-0.3, -0.25) is 0 Å². The predicted octanol–water partition coefficient (Wildman–Crippen LogP) is 8.63. The zero-order chi connectivity index (χ0) is 19.5. The molecule has 0 aromatic carbocycles. The fraction of sp³-hybridized carbons (Fsp3) is 1.00. The Morgan fingerprint density at radius 1 is 0.741 bits per heavy atom. The molecule has 0 saturated heterocycles. The quantitative estimate of drug-likeness (QED) is 0.273. The first-order chi connectivity index (χ1) is 13.3. The van der Waals surface area contributed by atoms with Gasteiger partial charge in [-0.1, -0.05) is 110 Å². The van der Waals surface area contributed by atoms with E-state index in [1.807, 2.05) is 0 Å². The summed E-state index contributed by atoms with van der Waals surface area (Å²) in [6, 6.07) is 2.78. The molecule has 0 aromatic heterocycles. The van der Waals surface area contributed by atoms with E-state index < -0.39 is 17.4 Å². The van der Waals surface area contributed by atoms with E-state index in [4.69, 9.17) is 4.12 Å². The van der Waals surface area contributed by atoms with E-state index in [1.165, 1.54) is 126 Å². The molecule has 27 heavy (non-hydrogen) atoms. The molecule has 3 aliphatic carbocycles. The van der Waals surface area contributed by atoms with Crippen LogP contribution in [0.3, 0.4) is 0 Å². The van der Waals surface area contributed by atoms with Gasteiger partial charge in [-0.2, -0.15) is 0 Å². The van der Waals surface area contributed by atoms with Crippen molar-refractivity contribution < 1.29 is 22.1 Å². The van der Waals surface area contributed by atoms with Crippen LogP contribution in [0.2, 0.25) is 28.7 Å². The summed E-state index contributed by atoms with van der Waals surface area (Å²) in [4.78, 5) is 0. The zero-order valence-electron chi connectivity index (χ0n) is 18.0. The summed E-state index contributed by atoms with van der Waals surface area (Å²) in [6.45, 7) is 4.99. The van der Waals surface area contributed by atoms with E-state index in [-0.39, 0.29) is 0 Å². The molecule has 0 aliphatic heterocycles. The molecule has 3 saturated carbocycles. The monoisotopic (exact) mass is 595 g/mol. The first kappa shape index (κ1) is 24.6. The zero-order valence-corrected chi connectivity index (χ0v) is 23.7. The molecule has 157 valence electrons. The van der Waals surface area contributed by atoms with Crippen molar-refractivity contribution in [1.82, 2.24) is 0 Å². The van der Waals surface area contributed by atoms with Crippen LogP contribution >= 0.6 is 9.82 Å². The van der Waals surface area contributed by atoms with Crippen LogP contribution in [-0.2, 0) is 22.1 Å². The van der Waals surface area contributed by atoms with Crippen molar-refractivity contribution in [2.75, 3.05) is 0 Å². The number of hydrogen-bond acceptors (Lipinski definition) is 2. The second kappa shape index (κ2) is 13.6. The van der Waals surface area contributed by atoms with Crippen molar-refractivity contribution in [2.45, 2.75) is 139 Å². The Hall–Kier alpha value is 1.30. The molecular weight excluding hydrogens is 552 g/mol. The first-order valence-corrected chi connectivity index (χ1v) is 19.9. The van der Waals surface area contributed by atoms with Gasteiger partial charge in [0.2, 0.25) is 9.04 Å². The van der Waals surface area contributed by atoms with Crippen LogP contribution in [0.15, 0.2) is 0 Å². The molecule has 0 amide bonds. The van der Waals surface area contributed by atoms with Crippen LogP contribution in [-0.4, -0.2) is 17.4 Å². The summed E-state index contributed by atoms with van der Waals surface area (Å²) in [5, 5.41) is 0. The molecule has 0 N–H and O–H groups in total. The van der Waals surface area contributed by atoms with Crippen LogP contribution in [0.1, 0.15) is 110 Å². The summed E-state index contributed by atoms with van der Waals surface area (Å²) in [5.74, 6) is 0. The van der Waals surface area contributed by atoms with Gasteiger partial charge in [0, 0.05) is 0 Å². The Bertz CT molecular complexity index is 376. The summed E-state index contributed by atoms with van der Waals surface area (Å²) in [6.07, 6.45) is 22.4. The molecule has 0 spiro atoms. The van der Waals surface area contributed by atoms with Crippen LogP contribution in [0, 0.1) is 0 Å². The third-order valence-electron chi connectivity index (χ3n) is 7.88. The van der Waals surface area contributed by atoms with E-state index in [0.717, 1.165) is 16.6 Å². The molecule has 0 unspecified atom stereocenters. The Morgan fingerprint density at radius 3 is 1.52 bits per heavy atom. The number of rotatable bonds is 7. The topological polar surface area (TPSA) is 9.23 Å². The van der Waals surface area contributed by atoms with Gasteiger partial charge in [0.05, 0.1) is 0 Å². The predicted molar refractivity (Wildman–Crippen MR) is 122 cm³/mol. The van der Waals surface area contributed by atoms with Crippen molar-refractivity contribution in [2.24, 2.45) is 0 Å². The van der Waals surface area contributed by atoms with Crippen molar-refractivity contribution in [3.05, 3.63) is 0 Å². The summed E-state index contributed by atoms with van der Waals surface area (Å²) in [7, 11) is 1.99. The maximum absolute atomic E-state index is 7.60. The Kier molecular flexibility index (Phi) is 12.4. The van der Waals surface area contributed by atoms with E-state index in [0.29, 0.717) is 0 Å². The molecule has 5 heteroatoms. The summed E-state index contributed by atoms with van der Waals surface area (Å²) < 4.78 is 7.60. The Balaban J connectivity index is 0.00000126. The third-order valence-corrected chi connectivity index (χ3v) is 17.7. The fourth-order valence-corrected chi connectivity index (χ4v) is 17.8. The van der Waals surface area contributed by atoms with E-state index in [9.17, 15) is 0 Å². The van der Waals surface area contributed by atoms with Crippen LogP contribution in [0.4, 0.5) is 0 Å². The second-order valence-electron chi connectivity index (χ2n) is 9.24. The second-order valence-corrected chi connectivity index (χ2v) is 16.8. The van der Waals surface area contributed by atoms with Gasteiger partial charge in [0.25, 0.3) is 0 Å². The van der Waals surface area contributed by atoms with Gasteiger partial charge in [-0.15, -0.1) is 0 Å². The van der Waals surface area contributed by atoms with E-state index in [2.05, 4.69) is 23.7 Å². The molecular formula is C22H43OSSi2W. The molecule has 0 aromatic rings. The van der Waals surface area contributed by atoms with E-state index >= 15 is 0 Å². The van der Waals surface area contributed by atoms with Gasteiger partial charge >= 0.3 is 27.8 Å². The van der Waals surface area contributed by atoms with Crippen molar-refractivity contribution >= 4 is 27.2 Å². The van der Waals surface area contributed by atoms with Gasteiger partial charge in [-0.05, 0) is 28.7 Å². The molecule has 1 radical (unpaired) electrons. The minimum absolute atomic E-state index is 0.588. The molecule has 0 bridgehead atoms. The van der Waals surface area contributed by atoms with Crippen LogP contribution < -0.4 is 0 Å². The van der Waals surface area contributed by atoms with Crippen LogP contribution in [0.25, 0.3) is 0 Å². The van der Waals surface area contributed by atoms with Gasteiger partial charge in [0.1, 0.15) is 0 Å².